The third-order valence-corrected chi connectivity index (χ3v) is 7.08. The summed E-state index contributed by atoms with van der Waals surface area (Å²) in [4.78, 5) is 33.6. The van der Waals surface area contributed by atoms with Crippen LogP contribution in [0.25, 0.3) is 0 Å². The maximum atomic E-state index is 14.0. The number of amides is 1. The van der Waals surface area contributed by atoms with Crippen LogP contribution >= 0.6 is 11.6 Å². The maximum absolute atomic E-state index is 14.0. The molecule has 1 amide bonds. The molecule has 170 valence electrons. The summed E-state index contributed by atoms with van der Waals surface area (Å²) in [5, 5.41) is 23.2. The first-order chi connectivity index (χ1) is 15.3. The maximum Gasteiger partial charge on any atom is 0.407 e. The SMILES string of the molecule is CN(C(=O)O)[C@]1(C(=O)C2CCN(c3ccc(O)cn3)CC2)CNC[C@H]1c1ccc(Cl)cc1. The van der Waals surface area contributed by atoms with Crippen molar-refractivity contribution in [1.29, 1.82) is 0 Å². The highest BCUT2D eigenvalue weighted by Gasteiger charge is 2.56. The van der Waals surface area contributed by atoms with E-state index in [0.717, 1.165) is 11.4 Å². The Kier molecular flexibility index (Phi) is 6.26. The molecule has 0 bridgehead atoms. The quantitative estimate of drug-likeness (QED) is 0.632. The number of carbonyl (C=O) groups is 2. The number of Topliss-reactive ketones (excluding diaryl/α,β-unsaturated/α-hetero) is 1. The topological polar surface area (TPSA) is 106 Å². The lowest BCUT2D eigenvalue weighted by Crippen LogP contribution is -2.61. The summed E-state index contributed by atoms with van der Waals surface area (Å²) in [5.74, 6) is 0.280. The predicted molar refractivity (Wildman–Crippen MR) is 121 cm³/mol. The van der Waals surface area contributed by atoms with Crippen molar-refractivity contribution in [3.63, 3.8) is 0 Å². The lowest BCUT2D eigenvalue weighted by Gasteiger charge is -2.43. The molecule has 0 aliphatic carbocycles. The molecule has 1 aromatic carbocycles. The zero-order valence-corrected chi connectivity index (χ0v) is 18.6. The van der Waals surface area contributed by atoms with E-state index in [2.05, 4.69) is 15.2 Å². The number of aromatic nitrogens is 1. The van der Waals surface area contributed by atoms with Gasteiger partial charge in [0.2, 0.25) is 0 Å². The van der Waals surface area contributed by atoms with Crippen molar-refractivity contribution in [2.75, 3.05) is 38.1 Å². The number of piperidine rings is 1. The average molecular weight is 459 g/mol. The highest BCUT2D eigenvalue weighted by Crippen LogP contribution is 2.41. The molecule has 9 heteroatoms. The second-order valence-electron chi connectivity index (χ2n) is 8.50. The molecule has 2 aromatic rings. The normalized spacial score (nSPS) is 23.8. The first kappa shape index (κ1) is 22.4. The molecule has 2 saturated heterocycles. The van der Waals surface area contributed by atoms with Crippen molar-refractivity contribution in [2.24, 2.45) is 5.92 Å². The third-order valence-electron chi connectivity index (χ3n) is 6.83. The lowest BCUT2D eigenvalue weighted by molar-refractivity contribution is -0.134. The standard InChI is InChI=1S/C23H27ClN4O4/c1-27(22(31)32)23(14-25-13-19(23)15-2-4-17(24)5-3-15)21(30)16-8-10-28(11-9-16)20-7-6-18(29)12-26-20/h2-7,12,16,19,25,29H,8-11,13-14H2,1H3,(H,31,32)/t19-,23+/m0/s1. The molecule has 0 saturated carbocycles. The fourth-order valence-electron chi connectivity index (χ4n) is 5.02. The van der Waals surface area contributed by atoms with Crippen molar-refractivity contribution >= 4 is 29.3 Å². The first-order valence-electron chi connectivity index (χ1n) is 10.7. The number of likely N-dealkylation sites (N-methyl/N-ethyl adjacent to an activating group) is 1. The summed E-state index contributed by atoms with van der Waals surface area (Å²) in [7, 11) is 1.49. The van der Waals surface area contributed by atoms with Crippen molar-refractivity contribution in [2.45, 2.75) is 24.3 Å². The minimum Gasteiger partial charge on any atom is -0.506 e. The van der Waals surface area contributed by atoms with E-state index in [9.17, 15) is 19.8 Å². The number of rotatable bonds is 5. The van der Waals surface area contributed by atoms with Gasteiger partial charge in [-0.25, -0.2) is 9.78 Å². The van der Waals surface area contributed by atoms with Gasteiger partial charge < -0.3 is 20.4 Å². The number of halogens is 1. The van der Waals surface area contributed by atoms with Crippen LogP contribution in [-0.2, 0) is 4.79 Å². The van der Waals surface area contributed by atoms with Gasteiger partial charge in [0.05, 0.1) is 6.20 Å². The van der Waals surface area contributed by atoms with E-state index in [1.807, 2.05) is 12.1 Å². The molecule has 1 aromatic heterocycles. The third kappa shape index (κ3) is 4.00. The number of nitrogens with zero attached hydrogens (tertiary/aromatic N) is 3. The number of pyridine rings is 1. The van der Waals surface area contributed by atoms with Gasteiger partial charge in [0, 0.05) is 50.1 Å². The Morgan fingerprint density at radius 1 is 1.19 bits per heavy atom. The molecule has 0 unspecified atom stereocenters. The highest BCUT2D eigenvalue weighted by molar-refractivity contribution is 6.30. The van der Waals surface area contributed by atoms with Crippen LogP contribution in [0, 0.1) is 5.92 Å². The molecule has 4 rings (SSSR count). The van der Waals surface area contributed by atoms with E-state index in [-0.39, 0.29) is 29.9 Å². The van der Waals surface area contributed by atoms with Gasteiger partial charge in [0.15, 0.2) is 5.78 Å². The van der Waals surface area contributed by atoms with Gasteiger partial charge in [-0.15, -0.1) is 0 Å². The number of hydrogen-bond acceptors (Lipinski definition) is 6. The van der Waals surface area contributed by atoms with Crippen molar-refractivity contribution in [1.82, 2.24) is 15.2 Å². The van der Waals surface area contributed by atoms with Crippen LogP contribution in [0.3, 0.4) is 0 Å². The Balaban J connectivity index is 1.58. The van der Waals surface area contributed by atoms with Crippen LogP contribution in [0.1, 0.15) is 24.3 Å². The van der Waals surface area contributed by atoms with E-state index < -0.39 is 11.6 Å². The van der Waals surface area contributed by atoms with Gasteiger partial charge in [-0.05, 0) is 42.7 Å². The molecule has 2 aliphatic heterocycles. The Morgan fingerprint density at radius 2 is 1.88 bits per heavy atom. The summed E-state index contributed by atoms with van der Waals surface area (Å²) in [6.07, 6.45) is 1.52. The van der Waals surface area contributed by atoms with Crippen LogP contribution in [0.2, 0.25) is 5.02 Å². The molecular formula is C23H27ClN4O4. The molecule has 3 N–H and O–H groups in total. The Bertz CT molecular complexity index is 976. The van der Waals surface area contributed by atoms with Crippen LogP contribution in [0.15, 0.2) is 42.6 Å². The fourth-order valence-corrected chi connectivity index (χ4v) is 5.15. The lowest BCUT2D eigenvalue weighted by atomic mass is 9.72. The number of aromatic hydroxyl groups is 1. The molecular weight excluding hydrogens is 432 g/mol. The summed E-state index contributed by atoms with van der Waals surface area (Å²) in [5.41, 5.74) is -0.282. The van der Waals surface area contributed by atoms with E-state index in [1.54, 1.807) is 24.3 Å². The minimum atomic E-state index is -1.18. The van der Waals surface area contributed by atoms with Gasteiger partial charge in [-0.2, -0.15) is 0 Å². The summed E-state index contributed by atoms with van der Waals surface area (Å²) >= 11 is 6.05. The number of benzene rings is 1. The van der Waals surface area contributed by atoms with Crippen molar-refractivity contribution in [3.05, 3.63) is 53.2 Å². The highest BCUT2D eigenvalue weighted by atomic mass is 35.5. The second-order valence-corrected chi connectivity index (χ2v) is 8.94. The van der Waals surface area contributed by atoms with Gasteiger partial charge in [-0.1, -0.05) is 23.7 Å². The molecule has 0 spiro atoms. The molecule has 2 fully saturated rings. The molecule has 2 atom stereocenters. The molecule has 8 nitrogen and oxygen atoms in total. The summed E-state index contributed by atoms with van der Waals surface area (Å²) in [6, 6.07) is 10.6. The van der Waals surface area contributed by atoms with E-state index in [1.165, 1.54) is 18.1 Å². The summed E-state index contributed by atoms with van der Waals surface area (Å²) in [6.45, 7) is 2.07. The average Bonchev–Trinajstić information content (AvgIpc) is 3.25. The molecule has 0 radical (unpaired) electrons. The van der Waals surface area contributed by atoms with Crippen molar-refractivity contribution in [3.8, 4) is 5.75 Å². The number of hydrogen-bond donors (Lipinski definition) is 3. The van der Waals surface area contributed by atoms with Gasteiger partial charge in [0.1, 0.15) is 17.1 Å². The smallest absolute Gasteiger partial charge is 0.407 e. The molecule has 32 heavy (non-hydrogen) atoms. The number of nitrogens with one attached hydrogen (secondary N) is 1. The second kappa shape index (κ2) is 8.96. The number of ketones is 1. The molecule has 3 heterocycles. The van der Waals surface area contributed by atoms with Crippen LogP contribution in [0.4, 0.5) is 10.6 Å². The minimum absolute atomic E-state index is 0.0364. The number of anilines is 1. The zero-order chi connectivity index (χ0) is 22.9. The Morgan fingerprint density at radius 3 is 2.47 bits per heavy atom. The monoisotopic (exact) mass is 458 g/mol. The predicted octanol–water partition coefficient (Wildman–Crippen LogP) is 2.96. The fraction of sp³-hybridized carbons (Fsp3) is 0.435. The van der Waals surface area contributed by atoms with E-state index in [4.69, 9.17) is 11.6 Å². The number of carboxylic acid groups (broad SMARTS) is 1. The molecule has 2 aliphatic rings. The van der Waals surface area contributed by atoms with Crippen molar-refractivity contribution < 1.29 is 19.8 Å². The van der Waals surface area contributed by atoms with Crippen LogP contribution in [0.5, 0.6) is 5.75 Å². The van der Waals surface area contributed by atoms with Gasteiger partial charge >= 0.3 is 6.09 Å². The van der Waals surface area contributed by atoms with Gasteiger partial charge in [-0.3, -0.25) is 9.69 Å². The Hall–Kier alpha value is -2.84. The first-order valence-corrected chi connectivity index (χ1v) is 11.1. The number of carbonyl (C=O) groups excluding carboxylic acids is 1. The Labute approximate surface area is 191 Å². The van der Waals surface area contributed by atoms with Gasteiger partial charge in [0.25, 0.3) is 0 Å². The van der Waals surface area contributed by atoms with Crippen LogP contribution < -0.4 is 10.2 Å². The van der Waals surface area contributed by atoms with E-state index in [0.29, 0.717) is 37.5 Å². The summed E-state index contributed by atoms with van der Waals surface area (Å²) < 4.78 is 0. The van der Waals surface area contributed by atoms with E-state index >= 15 is 0 Å². The zero-order valence-electron chi connectivity index (χ0n) is 17.9. The largest absolute Gasteiger partial charge is 0.506 e. The van der Waals surface area contributed by atoms with Crippen LogP contribution in [-0.4, -0.2) is 70.7 Å².